The van der Waals surface area contributed by atoms with Crippen molar-refractivity contribution in [2.24, 2.45) is 0 Å². The van der Waals surface area contributed by atoms with E-state index >= 15 is 0 Å². The maximum absolute atomic E-state index is 13.1. The first kappa shape index (κ1) is 27.6. The molecule has 0 spiro atoms. The Kier molecular flexibility index (Phi) is 8.47. The number of carboxylic acid groups (broad SMARTS) is 2. The Labute approximate surface area is 224 Å². The molecule has 13 nitrogen and oxygen atoms in total. The molecule has 2 fully saturated rings. The molecule has 1 saturated heterocycles. The average Bonchev–Trinajstić information content (AvgIpc) is 3.49. The maximum Gasteiger partial charge on any atom is 0.326 e. The molecule has 4 rings (SSSR count). The van der Waals surface area contributed by atoms with Crippen LogP contribution < -0.4 is 10.1 Å². The van der Waals surface area contributed by atoms with Gasteiger partial charge in [-0.1, -0.05) is 18.2 Å². The van der Waals surface area contributed by atoms with Crippen molar-refractivity contribution in [2.45, 2.75) is 56.7 Å². The smallest absolute Gasteiger partial charge is 0.326 e. The molecule has 1 aromatic heterocycles. The van der Waals surface area contributed by atoms with Crippen LogP contribution in [0, 0.1) is 0 Å². The third kappa shape index (κ3) is 6.72. The van der Waals surface area contributed by atoms with E-state index in [1.54, 1.807) is 42.3 Å². The molecule has 1 aromatic carbocycles. The number of benzene rings is 1. The molecule has 1 saturated carbocycles. The van der Waals surface area contributed by atoms with Gasteiger partial charge in [-0.2, -0.15) is 5.10 Å². The highest BCUT2D eigenvalue weighted by Crippen LogP contribution is 2.29. The third-order valence-electron chi connectivity index (χ3n) is 6.80. The molecule has 1 aliphatic heterocycles. The van der Waals surface area contributed by atoms with Gasteiger partial charge in [0.25, 0.3) is 11.8 Å². The van der Waals surface area contributed by atoms with Crippen molar-refractivity contribution in [3.63, 3.8) is 0 Å². The molecule has 208 valence electrons. The molecule has 3 N–H and O–H groups in total. The molecular weight excluding hydrogens is 510 g/mol. The Balaban J connectivity index is 1.48. The quantitative estimate of drug-likeness (QED) is 0.353. The fourth-order valence-electron chi connectivity index (χ4n) is 4.51. The number of carbonyl (C=O) groups excluding carboxylic acids is 3. The molecule has 1 aliphatic carbocycles. The van der Waals surface area contributed by atoms with E-state index < -0.39 is 43.0 Å². The van der Waals surface area contributed by atoms with Crippen molar-refractivity contribution in [1.82, 2.24) is 24.9 Å². The Morgan fingerprint density at radius 2 is 1.85 bits per heavy atom. The van der Waals surface area contributed by atoms with Crippen LogP contribution in [0.1, 0.15) is 49.0 Å². The van der Waals surface area contributed by atoms with Crippen LogP contribution in [0.15, 0.2) is 36.4 Å². The first-order valence-corrected chi connectivity index (χ1v) is 12.8. The van der Waals surface area contributed by atoms with Gasteiger partial charge in [-0.05, 0) is 44.2 Å². The van der Waals surface area contributed by atoms with E-state index in [9.17, 15) is 29.1 Å². The summed E-state index contributed by atoms with van der Waals surface area (Å²) in [6.45, 7) is 0.0441. The lowest BCUT2D eigenvalue weighted by atomic mass is 10.1. The van der Waals surface area contributed by atoms with Crippen molar-refractivity contribution >= 4 is 29.7 Å². The minimum Gasteiger partial charge on any atom is -0.481 e. The first-order valence-electron chi connectivity index (χ1n) is 12.8. The van der Waals surface area contributed by atoms with Crippen LogP contribution in [0.25, 0.3) is 5.69 Å². The minimum atomic E-state index is -1.43. The number of likely N-dealkylation sites (N-methyl/N-ethyl adjacent to an activating group) is 1. The van der Waals surface area contributed by atoms with E-state index in [0.29, 0.717) is 25.1 Å². The fraction of sp³-hybridized carbons (Fsp3) is 0.462. The summed E-state index contributed by atoms with van der Waals surface area (Å²) in [6, 6.07) is 8.24. The summed E-state index contributed by atoms with van der Waals surface area (Å²) in [5, 5.41) is 24.7. The molecule has 2 heterocycles. The summed E-state index contributed by atoms with van der Waals surface area (Å²) in [4.78, 5) is 64.4. The fourth-order valence-corrected chi connectivity index (χ4v) is 4.51. The number of carbonyl (C=O) groups is 5. The van der Waals surface area contributed by atoms with Crippen LogP contribution in [0.3, 0.4) is 0 Å². The number of carboxylic acids is 2. The van der Waals surface area contributed by atoms with E-state index in [0.717, 1.165) is 12.8 Å². The topological polar surface area (TPSA) is 171 Å². The SMILES string of the molecule is CN(C(=O)[C@@H]1CCCN1C(=O)COc1cc(C(=O)N[C@@H](CCC(=O)O)C(=O)O)nn1-c1ccccc1)C1CC1. The molecular formula is C26H31N5O8. The molecule has 2 aromatic rings. The van der Waals surface area contributed by atoms with E-state index in [1.807, 2.05) is 0 Å². The second-order valence-electron chi connectivity index (χ2n) is 9.63. The zero-order valence-corrected chi connectivity index (χ0v) is 21.5. The maximum atomic E-state index is 13.1. The number of likely N-dealkylation sites (tertiary alicyclic amines) is 1. The number of hydrogen-bond donors (Lipinski definition) is 3. The zero-order chi connectivity index (χ0) is 28.1. The van der Waals surface area contributed by atoms with Gasteiger partial charge in [-0.3, -0.25) is 19.2 Å². The van der Waals surface area contributed by atoms with Gasteiger partial charge in [-0.15, -0.1) is 0 Å². The highest BCUT2D eigenvalue weighted by Gasteiger charge is 2.39. The summed E-state index contributed by atoms with van der Waals surface area (Å²) in [6.07, 6.45) is 2.48. The zero-order valence-electron chi connectivity index (χ0n) is 21.5. The number of nitrogens with zero attached hydrogens (tertiary/aromatic N) is 4. The number of nitrogens with one attached hydrogen (secondary N) is 1. The lowest BCUT2D eigenvalue weighted by molar-refractivity contribution is -0.144. The largest absolute Gasteiger partial charge is 0.481 e. The number of aromatic nitrogens is 2. The third-order valence-corrected chi connectivity index (χ3v) is 6.80. The van der Waals surface area contributed by atoms with Gasteiger partial charge in [0.15, 0.2) is 12.3 Å². The molecule has 39 heavy (non-hydrogen) atoms. The second-order valence-corrected chi connectivity index (χ2v) is 9.63. The Morgan fingerprint density at radius 1 is 1.13 bits per heavy atom. The first-order chi connectivity index (χ1) is 18.7. The van der Waals surface area contributed by atoms with E-state index in [1.165, 1.54) is 15.6 Å². The van der Waals surface area contributed by atoms with E-state index in [-0.39, 0.29) is 35.9 Å². The number of para-hydroxylation sites is 1. The Hall–Kier alpha value is -4.42. The van der Waals surface area contributed by atoms with Crippen molar-refractivity contribution in [3.8, 4) is 11.6 Å². The van der Waals surface area contributed by atoms with E-state index in [2.05, 4.69) is 10.4 Å². The van der Waals surface area contributed by atoms with Crippen molar-refractivity contribution in [3.05, 3.63) is 42.1 Å². The normalized spacial score (nSPS) is 17.4. The number of hydrogen-bond acceptors (Lipinski definition) is 7. The highest BCUT2D eigenvalue weighted by molar-refractivity contribution is 5.95. The minimum absolute atomic E-state index is 0.0642. The molecule has 13 heteroatoms. The lowest BCUT2D eigenvalue weighted by Gasteiger charge is -2.28. The van der Waals surface area contributed by atoms with Crippen molar-refractivity contribution < 1.29 is 38.9 Å². The van der Waals surface area contributed by atoms with Crippen LogP contribution in [0.2, 0.25) is 0 Å². The standard InChI is InChI=1S/C26H31N5O8/c1-29(16-9-10-16)25(36)20-8-5-13-30(20)21(32)15-39-22-14-19(28-31(22)17-6-3-2-4-7-17)24(35)27-18(26(37)38)11-12-23(33)34/h2-4,6-7,14,16,18,20H,5,8-13,15H2,1H3,(H,27,35)(H,33,34)(H,37,38)/t18-,20-/m0/s1. The number of rotatable bonds is 12. The van der Waals surface area contributed by atoms with Crippen molar-refractivity contribution in [2.75, 3.05) is 20.2 Å². The Morgan fingerprint density at radius 3 is 2.49 bits per heavy atom. The molecule has 0 unspecified atom stereocenters. The summed E-state index contributed by atoms with van der Waals surface area (Å²) >= 11 is 0. The van der Waals surface area contributed by atoms with Gasteiger partial charge in [-0.25, -0.2) is 9.48 Å². The van der Waals surface area contributed by atoms with Crippen LogP contribution in [-0.4, -0.2) is 97.8 Å². The molecule has 0 bridgehead atoms. The van der Waals surface area contributed by atoms with Gasteiger partial charge in [0.05, 0.1) is 5.69 Å². The van der Waals surface area contributed by atoms with Gasteiger partial charge in [0.1, 0.15) is 12.1 Å². The number of ether oxygens (including phenoxy) is 1. The predicted octanol–water partition coefficient (Wildman–Crippen LogP) is 0.911. The number of aliphatic carboxylic acids is 2. The van der Waals surface area contributed by atoms with E-state index in [4.69, 9.17) is 9.84 Å². The summed E-state index contributed by atoms with van der Waals surface area (Å²) < 4.78 is 7.09. The Bertz CT molecular complexity index is 1240. The van der Waals surface area contributed by atoms with Crippen LogP contribution in [0.5, 0.6) is 5.88 Å². The van der Waals surface area contributed by atoms with Crippen LogP contribution in [-0.2, 0) is 19.2 Å². The van der Waals surface area contributed by atoms with Gasteiger partial charge in [0, 0.05) is 32.1 Å². The average molecular weight is 542 g/mol. The van der Waals surface area contributed by atoms with Gasteiger partial charge in [0.2, 0.25) is 11.8 Å². The summed E-state index contributed by atoms with van der Waals surface area (Å²) in [7, 11) is 1.76. The van der Waals surface area contributed by atoms with Crippen LogP contribution in [0.4, 0.5) is 0 Å². The second kappa shape index (κ2) is 12.0. The van der Waals surface area contributed by atoms with Gasteiger partial charge < -0.3 is 30.1 Å². The van der Waals surface area contributed by atoms with Gasteiger partial charge >= 0.3 is 11.9 Å². The number of amides is 3. The molecule has 2 atom stereocenters. The molecule has 0 radical (unpaired) electrons. The highest BCUT2D eigenvalue weighted by atomic mass is 16.5. The summed E-state index contributed by atoms with van der Waals surface area (Å²) in [5.74, 6) is -3.79. The molecule has 3 amide bonds. The van der Waals surface area contributed by atoms with Crippen LogP contribution >= 0.6 is 0 Å². The monoisotopic (exact) mass is 541 g/mol. The lowest BCUT2D eigenvalue weighted by Crippen LogP contribution is -2.48. The van der Waals surface area contributed by atoms with Crippen molar-refractivity contribution in [1.29, 1.82) is 0 Å². The summed E-state index contributed by atoms with van der Waals surface area (Å²) in [5.41, 5.74) is 0.350. The predicted molar refractivity (Wildman–Crippen MR) is 135 cm³/mol. The molecule has 2 aliphatic rings.